The van der Waals surface area contributed by atoms with Crippen LogP contribution in [0.5, 0.6) is 11.5 Å². The average Bonchev–Trinajstić information content (AvgIpc) is 3.31. The van der Waals surface area contributed by atoms with Crippen molar-refractivity contribution < 1.29 is 17.9 Å². The zero-order valence-corrected chi connectivity index (χ0v) is 19.8. The van der Waals surface area contributed by atoms with Crippen molar-refractivity contribution in [2.45, 2.75) is 35.6 Å². The number of hydrogen-bond donors (Lipinski definition) is 1. The largest absolute Gasteiger partial charge is 0.493 e. The van der Waals surface area contributed by atoms with Crippen molar-refractivity contribution in [1.29, 1.82) is 0 Å². The molecule has 3 aromatic rings. The summed E-state index contributed by atoms with van der Waals surface area (Å²) in [5, 5.41) is 2.65. The lowest BCUT2D eigenvalue weighted by Crippen LogP contribution is -2.19. The minimum Gasteiger partial charge on any atom is -0.493 e. The number of methoxy groups -OCH3 is 2. The van der Waals surface area contributed by atoms with Crippen molar-refractivity contribution in [3.8, 4) is 34.4 Å². The van der Waals surface area contributed by atoms with E-state index in [0.29, 0.717) is 46.6 Å². The van der Waals surface area contributed by atoms with Crippen LogP contribution in [0.4, 0.5) is 11.6 Å². The highest BCUT2D eigenvalue weighted by atomic mass is 32.2. The molecular formula is C23H25N3O4S2. The third-order valence-electron chi connectivity index (χ3n) is 4.91. The Labute approximate surface area is 192 Å². The standard InChI is InChI=1S/C23H25N3O4S2/c1-5-7-8-17(6-2)32(27,28)22-12-11-21(31-22)18-13-14-24-23(26-18)25-16-9-10-19(29-3)20(15-16)30-4/h1,9-15,17H,6-8H2,2-4H3,(H,24,25,26). The highest BCUT2D eigenvalue weighted by Gasteiger charge is 2.27. The van der Waals surface area contributed by atoms with Crippen LogP contribution in [-0.4, -0.2) is 37.9 Å². The van der Waals surface area contributed by atoms with Crippen molar-refractivity contribution in [2.24, 2.45) is 0 Å². The molecule has 0 spiro atoms. The first kappa shape index (κ1) is 23.6. The van der Waals surface area contributed by atoms with Gasteiger partial charge in [-0.2, -0.15) is 0 Å². The van der Waals surface area contributed by atoms with Gasteiger partial charge in [0.2, 0.25) is 5.95 Å². The van der Waals surface area contributed by atoms with E-state index in [1.807, 2.05) is 13.0 Å². The van der Waals surface area contributed by atoms with E-state index in [-0.39, 0.29) is 0 Å². The highest BCUT2D eigenvalue weighted by molar-refractivity contribution is 7.94. The summed E-state index contributed by atoms with van der Waals surface area (Å²) in [6.07, 6.45) is 8.35. The van der Waals surface area contributed by atoms with E-state index in [0.717, 1.165) is 10.6 Å². The lowest BCUT2D eigenvalue weighted by molar-refractivity contribution is 0.355. The second-order valence-corrected chi connectivity index (χ2v) is 10.4. The van der Waals surface area contributed by atoms with Crippen LogP contribution in [0.1, 0.15) is 26.2 Å². The van der Waals surface area contributed by atoms with E-state index in [1.54, 1.807) is 50.7 Å². The summed E-state index contributed by atoms with van der Waals surface area (Å²) in [4.78, 5) is 9.55. The molecule has 168 valence electrons. The Morgan fingerprint density at radius 1 is 1.16 bits per heavy atom. The molecule has 0 fully saturated rings. The number of sulfone groups is 1. The van der Waals surface area contributed by atoms with Gasteiger partial charge in [-0.1, -0.05) is 6.92 Å². The molecule has 0 aliphatic rings. The van der Waals surface area contributed by atoms with Crippen LogP contribution in [0.25, 0.3) is 10.6 Å². The van der Waals surface area contributed by atoms with Gasteiger partial charge in [-0.25, -0.2) is 18.4 Å². The second-order valence-electron chi connectivity index (χ2n) is 6.90. The smallest absolute Gasteiger partial charge is 0.227 e. The molecule has 32 heavy (non-hydrogen) atoms. The number of nitrogens with one attached hydrogen (secondary N) is 1. The summed E-state index contributed by atoms with van der Waals surface area (Å²) < 4.78 is 36.9. The van der Waals surface area contributed by atoms with Crippen LogP contribution in [0.3, 0.4) is 0 Å². The van der Waals surface area contributed by atoms with Gasteiger partial charge in [-0.05, 0) is 43.2 Å². The maximum atomic E-state index is 13.0. The highest BCUT2D eigenvalue weighted by Crippen LogP contribution is 2.34. The summed E-state index contributed by atoms with van der Waals surface area (Å²) in [6.45, 7) is 1.86. The molecular weight excluding hydrogens is 446 g/mol. The lowest BCUT2D eigenvalue weighted by atomic mass is 10.2. The predicted molar refractivity (Wildman–Crippen MR) is 128 cm³/mol. The van der Waals surface area contributed by atoms with Gasteiger partial charge in [0.1, 0.15) is 4.21 Å². The van der Waals surface area contributed by atoms with Crippen LogP contribution in [-0.2, 0) is 9.84 Å². The molecule has 1 unspecified atom stereocenters. The van der Waals surface area contributed by atoms with Gasteiger partial charge >= 0.3 is 0 Å². The topological polar surface area (TPSA) is 90.4 Å². The molecule has 0 saturated heterocycles. The molecule has 2 aromatic heterocycles. The third kappa shape index (κ3) is 5.21. The predicted octanol–water partition coefficient (Wildman–Crippen LogP) is 4.93. The zero-order valence-electron chi connectivity index (χ0n) is 18.2. The third-order valence-corrected chi connectivity index (χ3v) is 8.91. The van der Waals surface area contributed by atoms with E-state index in [2.05, 4.69) is 21.2 Å². The van der Waals surface area contributed by atoms with Gasteiger partial charge in [0, 0.05) is 24.4 Å². The van der Waals surface area contributed by atoms with E-state index in [9.17, 15) is 8.42 Å². The minimum absolute atomic E-state index is 0.324. The molecule has 9 heteroatoms. The van der Waals surface area contributed by atoms with Gasteiger partial charge in [0.25, 0.3) is 0 Å². The Balaban J connectivity index is 1.83. The molecule has 1 atom stereocenters. The molecule has 3 rings (SSSR count). The fraction of sp³-hybridized carbons (Fsp3) is 0.304. The van der Waals surface area contributed by atoms with Crippen LogP contribution in [0, 0.1) is 12.3 Å². The summed E-state index contributed by atoms with van der Waals surface area (Å²) >= 11 is 1.20. The molecule has 0 radical (unpaired) electrons. The zero-order chi connectivity index (χ0) is 23.1. The molecule has 0 saturated carbocycles. The second kappa shape index (κ2) is 10.5. The molecule has 0 amide bonds. The fourth-order valence-corrected chi connectivity index (χ4v) is 6.50. The molecule has 1 aromatic carbocycles. The Hall–Kier alpha value is -3.09. The van der Waals surface area contributed by atoms with Crippen LogP contribution in [0.15, 0.2) is 46.8 Å². The van der Waals surface area contributed by atoms with Crippen LogP contribution >= 0.6 is 11.3 Å². The maximum absolute atomic E-state index is 13.0. The Morgan fingerprint density at radius 2 is 1.94 bits per heavy atom. The summed E-state index contributed by atoms with van der Waals surface area (Å²) in [5.41, 5.74) is 1.36. The minimum atomic E-state index is -3.45. The van der Waals surface area contributed by atoms with E-state index >= 15 is 0 Å². The quantitative estimate of drug-likeness (QED) is 0.419. The van der Waals surface area contributed by atoms with Crippen molar-refractivity contribution in [2.75, 3.05) is 19.5 Å². The molecule has 1 N–H and O–H groups in total. The van der Waals surface area contributed by atoms with E-state index in [1.165, 1.54) is 11.3 Å². The van der Waals surface area contributed by atoms with Crippen LogP contribution < -0.4 is 14.8 Å². The first-order valence-electron chi connectivity index (χ1n) is 10.0. The lowest BCUT2D eigenvalue weighted by Gasteiger charge is -2.13. The van der Waals surface area contributed by atoms with Crippen molar-refractivity contribution >= 4 is 32.8 Å². The van der Waals surface area contributed by atoms with Crippen molar-refractivity contribution in [3.05, 3.63) is 42.6 Å². The number of benzene rings is 1. The van der Waals surface area contributed by atoms with Gasteiger partial charge in [-0.15, -0.1) is 23.7 Å². The molecule has 7 nitrogen and oxygen atoms in total. The number of ether oxygens (including phenoxy) is 2. The van der Waals surface area contributed by atoms with Crippen molar-refractivity contribution in [1.82, 2.24) is 9.97 Å². The number of hydrogen-bond acceptors (Lipinski definition) is 8. The number of anilines is 2. The molecule has 0 aliphatic heterocycles. The normalized spacial score (nSPS) is 12.1. The first-order valence-corrected chi connectivity index (χ1v) is 12.4. The molecule has 0 bridgehead atoms. The average molecular weight is 472 g/mol. The fourth-order valence-electron chi connectivity index (χ4n) is 3.20. The van der Waals surface area contributed by atoms with Crippen LogP contribution in [0.2, 0.25) is 0 Å². The van der Waals surface area contributed by atoms with Gasteiger partial charge in [0.05, 0.1) is 30.0 Å². The SMILES string of the molecule is C#CCCC(CC)S(=O)(=O)c1ccc(-c2ccnc(Nc3ccc(OC)c(OC)c3)n2)s1. The summed E-state index contributed by atoms with van der Waals surface area (Å²) in [7, 11) is -0.305. The Kier molecular flexibility index (Phi) is 7.72. The van der Waals surface area contributed by atoms with Crippen molar-refractivity contribution in [3.63, 3.8) is 0 Å². The monoisotopic (exact) mass is 471 g/mol. The molecule has 0 aliphatic carbocycles. The number of nitrogens with zero attached hydrogens (tertiary/aromatic N) is 2. The maximum Gasteiger partial charge on any atom is 0.227 e. The van der Waals surface area contributed by atoms with E-state index in [4.69, 9.17) is 15.9 Å². The number of rotatable bonds is 10. The number of terminal acetylenes is 1. The van der Waals surface area contributed by atoms with Gasteiger partial charge in [0.15, 0.2) is 21.3 Å². The van der Waals surface area contributed by atoms with Gasteiger partial charge in [-0.3, -0.25) is 0 Å². The summed E-state index contributed by atoms with van der Waals surface area (Å²) in [5.74, 6) is 4.11. The number of aromatic nitrogens is 2. The Morgan fingerprint density at radius 3 is 2.62 bits per heavy atom. The first-order chi connectivity index (χ1) is 15.4. The number of thiophene rings is 1. The Bertz CT molecular complexity index is 1220. The molecule has 2 heterocycles. The van der Waals surface area contributed by atoms with E-state index < -0.39 is 15.1 Å². The van der Waals surface area contributed by atoms with Gasteiger partial charge < -0.3 is 14.8 Å². The summed E-state index contributed by atoms with van der Waals surface area (Å²) in [6, 6.07) is 10.6.